The molecule has 2 nitrogen and oxygen atoms in total. The van der Waals surface area contributed by atoms with E-state index in [4.69, 9.17) is 5.73 Å². The van der Waals surface area contributed by atoms with Gasteiger partial charge >= 0.3 is 0 Å². The minimum Gasteiger partial charge on any atom is -0.328 e. The number of hydrogen-bond acceptors (Lipinski definition) is 2. The Bertz CT molecular complexity index is 102. The molecule has 0 amide bonds. The van der Waals surface area contributed by atoms with E-state index in [1.807, 2.05) is 0 Å². The Balaban J connectivity index is 2.49. The van der Waals surface area contributed by atoms with Gasteiger partial charge in [0, 0.05) is 18.1 Å². The lowest BCUT2D eigenvalue weighted by molar-refractivity contribution is 0.124. The molecular formula is C8H18N2. The number of rotatable bonds is 0. The standard InChI is InChI=1S/C8H18N2/c1-6-4-8(9)5-7(2)10(6)3/h6-8H,4-5,9H2,1-3H3/t6-,7+,8?. The van der Waals surface area contributed by atoms with Gasteiger partial charge in [0.1, 0.15) is 0 Å². The predicted molar refractivity (Wildman–Crippen MR) is 43.9 cm³/mol. The summed E-state index contributed by atoms with van der Waals surface area (Å²) in [4.78, 5) is 2.41. The molecule has 0 aromatic heterocycles. The molecule has 2 heteroatoms. The van der Waals surface area contributed by atoms with Crippen molar-refractivity contribution in [3.05, 3.63) is 0 Å². The molecule has 1 saturated heterocycles. The van der Waals surface area contributed by atoms with Crippen molar-refractivity contribution in [1.82, 2.24) is 4.90 Å². The second-order valence-electron chi connectivity index (χ2n) is 3.59. The third-order valence-electron chi connectivity index (χ3n) is 2.68. The molecule has 60 valence electrons. The minimum atomic E-state index is 0.432. The van der Waals surface area contributed by atoms with Crippen LogP contribution in [0.2, 0.25) is 0 Å². The molecule has 1 rings (SSSR count). The van der Waals surface area contributed by atoms with Crippen molar-refractivity contribution in [2.24, 2.45) is 5.73 Å². The quantitative estimate of drug-likeness (QED) is 0.542. The number of nitrogens with two attached hydrogens (primary N) is 1. The van der Waals surface area contributed by atoms with Crippen molar-refractivity contribution < 1.29 is 0 Å². The Hall–Kier alpha value is -0.0800. The van der Waals surface area contributed by atoms with Crippen LogP contribution in [0, 0.1) is 0 Å². The van der Waals surface area contributed by atoms with Crippen LogP contribution in [0.3, 0.4) is 0 Å². The lowest BCUT2D eigenvalue weighted by Gasteiger charge is -2.38. The predicted octanol–water partition coefficient (Wildman–Crippen LogP) is 0.816. The molecule has 0 aromatic rings. The first-order valence-electron chi connectivity index (χ1n) is 4.08. The summed E-state index contributed by atoms with van der Waals surface area (Å²) in [6.07, 6.45) is 2.31. The summed E-state index contributed by atoms with van der Waals surface area (Å²) in [5.41, 5.74) is 5.85. The highest BCUT2D eigenvalue weighted by Gasteiger charge is 2.25. The summed E-state index contributed by atoms with van der Waals surface area (Å²) in [7, 11) is 2.18. The topological polar surface area (TPSA) is 29.3 Å². The van der Waals surface area contributed by atoms with Crippen LogP contribution < -0.4 is 5.73 Å². The third-order valence-corrected chi connectivity index (χ3v) is 2.68. The van der Waals surface area contributed by atoms with Gasteiger partial charge in [0.25, 0.3) is 0 Å². The SMILES string of the molecule is C[C@@H]1CC(N)C[C@H](C)N1C. The van der Waals surface area contributed by atoms with E-state index >= 15 is 0 Å². The average Bonchev–Trinajstić information content (AvgIpc) is 1.82. The van der Waals surface area contributed by atoms with Crippen LogP contribution in [0.1, 0.15) is 26.7 Å². The van der Waals surface area contributed by atoms with Gasteiger partial charge in [-0.15, -0.1) is 0 Å². The zero-order valence-corrected chi connectivity index (χ0v) is 7.17. The van der Waals surface area contributed by atoms with Gasteiger partial charge in [-0.25, -0.2) is 0 Å². The van der Waals surface area contributed by atoms with Gasteiger partial charge in [0.2, 0.25) is 0 Å². The summed E-state index contributed by atoms with van der Waals surface area (Å²) in [5, 5.41) is 0. The van der Waals surface area contributed by atoms with E-state index in [9.17, 15) is 0 Å². The summed E-state index contributed by atoms with van der Waals surface area (Å²) in [6.45, 7) is 4.49. The van der Waals surface area contributed by atoms with E-state index in [0.717, 1.165) is 12.8 Å². The van der Waals surface area contributed by atoms with Crippen molar-refractivity contribution >= 4 is 0 Å². The van der Waals surface area contributed by atoms with E-state index in [-0.39, 0.29) is 0 Å². The molecule has 0 aromatic carbocycles. The van der Waals surface area contributed by atoms with Crippen molar-refractivity contribution in [3.8, 4) is 0 Å². The van der Waals surface area contributed by atoms with Crippen LogP contribution in [-0.2, 0) is 0 Å². The van der Waals surface area contributed by atoms with Crippen molar-refractivity contribution in [2.45, 2.75) is 44.8 Å². The first-order chi connectivity index (χ1) is 4.61. The highest BCUT2D eigenvalue weighted by Crippen LogP contribution is 2.19. The lowest BCUT2D eigenvalue weighted by Crippen LogP contribution is -2.48. The van der Waals surface area contributed by atoms with E-state index in [1.165, 1.54) is 0 Å². The molecular weight excluding hydrogens is 124 g/mol. The van der Waals surface area contributed by atoms with E-state index in [1.54, 1.807) is 0 Å². The first-order valence-corrected chi connectivity index (χ1v) is 4.08. The second-order valence-corrected chi connectivity index (χ2v) is 3.59. The molecule has 1 fully saturated rings. The Labute approximate surface area is 63.4 Å². The molecule has 0 aliphatic carbocycles. The fraction of sp³-hybridized carbons (Fsp3) is 1.00. The second kappa shape index (κ2) is 2.89. The Kier molecular flexibility index (Phi) is 2.32. The maximum Gasteiger partial charge on any atom is 0.00814 e. The van der Waals surface area contributed by atoms with Crippen molar-refractivity contribution in [2.75, 3.05) is 7.05 Å². The van der Waals surface area contributed by atoms with Crippen molar-refractivity contribution in [1.29, 1.82) is 0 Å². The maximum atomic E-state index is 5.85. The molecule has 1 aliphatic rings. The van der Waals surface area contributed by atoms with Crippen LogP contribution >= 0.6 is 0 Å². The van der Waals surface area contributed by atoms with Crippen LogP contribution in [-0.4, -0.2) is 30.1 Å². The van der Waals surface area contributed by atoms with Gasteiger partial charge < -0.3 is 10.6 Å². The molecule has 2 N–H and O–H groups in total. The monoisotopic (exact) mass is 142 g/mol. The van der Waals surface area contributed by atoms with Crippen molar-refractivity contribution in [3.63, 3.8) is 0 Å². The Morgan fingerprint density at radius 1 is 1.20 bits per heavy atom. The molecule has 1 heterocycles. The van der Waals surface area contributed by atoms with Crippen LogP contribution in [0.4, 0.5) is 0 Å². The maximum absolute atomic E-state index is 5.85. The summed E-state index contributed by atoms with van der Waals surface area (Å²) >= 11 is 0. The molecule has 10 heavy (non-hydrogen) atoms. The summed E-state index contributed by atoms with van der Waals surface area (Å²) in [5.74, 6) is 0. The van der Waals surface area contributed by atoms with Gasteiger partial charge in [-0.2, -0.15) is 0 Å². The molecule has 0 radical (unpaired) electrons. The molecule has 0 spiro atoms. The molecule has 1 aliphatic heterocycles. The molecule has 1 unspecified atom stereocenters. The first kappa shape index (κ1) is 8.02. The highest BCUT2D eigenvalue weighted by atomic mass is 15.2. The minimum absolute atomic E-state index is 0.432. The molecule has 0 bridgehead atoms. The van der Waals surface area contributed by atoms with Crippen LogP contribution in [0.25, 0.3) is 0 Å². The number of piperidine rings is 1. The molecule has 3 atom stereocenters. The van der Waals surface area contributed by atoms with E-state index in [2.05, 4.69) is 25.8 Å². The largest absolute Gasteiger partial charge is 0.328 e. The summed E-state index contributed by atoms with van der Waals surface area (Å²) < 4.78 is 0. The molecule has 0 saturated carbocycles. The third kappa shape index (κ3) is 1.50. The lowest BCUT2D eigenvalue weighted by atomic mass is 9.94. The average molecular weight is 142 g/mol. The normalized spacial score (nSPS) is 43.8. The van der Waals surface area contributed by atoms with Gasteiger partial charge in [0.05, 0.1) is 0 Å². The van der Waals surface area contributed by atoms with Gasteiger partial charge in [-0.05, 0) is 33.7 Å². The van der Waals surface area contributed by atoms with Gasteiger partial charge in [0.15, 0.2) is 0 Å². The number of likely N-dealkylation sites (tertiary alicyclic amines) is 1. The summed E-state index contributed by atoms with van der Waals surface area (Å²) in [6, 6.07) is 1.76. The smallest absolute Gasteiger partial charge is 0.00814 e. The Morgan fingerprint density at radius 2 is 1.60 bits per heavy atom. The Morgan fingerprint density at radius 3 is 2.00 bits per heavy atom. The van der Waals surface area contributed by atoms with Crippen LogP contribution in [0.5, 0.6) is 0 Å². The fourth-order valence-corrected chi connectivity index (χ4v) is 1.74. The van der Waals surface area contributed by atoms with Gasteiger partial charge in [-0.3, -0.25) is 0 Å². The number of hydrogen-bond donors (Lipinski definition) is 1. The highest BCUT2D eigenvalue weighted by molar-refractivity contribution is 4.83. The van der Waals surface area contributed by atoms with Gasteiger partial charge in [-0.1, -0.05) is 0 Å². The fourth-order valence-electron chi connectivity index (χ4n) is 1.74. The zero-order chi connectivity index (χ0) is 7.72. The number of nitrogens with zero attached hydrogens (tertiary/aromatic N) is 1. The van der Waals surface area contributed by atoms with E-state index < -0.39 is 0 Å². The zero-order valence-electron chi connectivity index (χ0n) is 7.17. The van der Waals surface area contributed by atoms with Crippen LogP contribution in [0.15, 0.2) is 0 Å². The van der Waals surface area contributed by atoms with E-state index in [0.29, 0.717) is 18.1 Å².